The minimum absolute atomic E-state index is 0.204. The van der Waals surface area contributed by atoms with E-state index < -0.39 is 5.69 Å². The maximum absolute atomic E-state index is 11.7. The molecule has 7 nitrogen and oxygen atoms in total. The van der Waals surface area contributed by atoms with Gasteiger partial charge in [-0.1, -0.05) is 0 Å². The summed E-state index contributed by atoms with van der Waals surface area (Å²) in [5.41, 5.74) is 7.93. The molecule has 4 aromatic rings. The van der Waals surface area contributed by atoms with E-state index in [9.17, 15) is 4.79 Å². The Balaban J connectivity index is 2.01. The van der Waals surface area contributed by atoms with Gasteiger partial charge in [0.15, 0.2) is 5.65 Å². The highest BCUT2D eigenvalue weighted by Crippen LogP contribution is 2.33. The Kier molecular flexibility index (Phi) is 3.46. The summed E-state index contributed by atoms with van der Waals surface area (Å²) in [5.74, 6) is 1.56. The highest BCUT2D eigenvalue weighted by atomic mass is 16.5. The Labute approximate surface area is 142 Å². The van der Waals surface area contributed by atoms with Crippen LogP contribution in [0.1, 0.15) is 0 Å². The number of furan rings is 1. The maximum Gasteiger partial charge on any atom is 0.348 e. The van der Waals surface area contributed by atoms with Crippen molar-refractivity contribution in [2.75, 3.05) is 12.8 Å². The number of nitrogens with zero attached hydrogens (tertiary/aromatic N) is 2. The molecule has 0 spiro atoms. The second-order valence-electron chi connectivity index (χ2n) is 5.42. The van der Waals surface area contributed by atoms with E-state index in [2.05, 4.69) is 15.0 Å². The topological polar surface area (TPSA) is 107 Å². The summed E-state index contributed by atoms with van der Waals surface area (Å²) < 4.78 is 10.7. The van der Waals surface area contributed by atoms with Crippen LogP contribution < -0.4 is 16.2 Å². The zero-order chi connectivity index (χ0) is 17.4. The van der Waals surface area contributed by atoms with E-state index in [0.717, 1.165) is 11.3 Å². The lowest BCUT2D eigenvalue weighted by atomic mass is 10.0. The molecule has 0 saturated carbocycles. The van der Waals surface area contributed by atoms with Crippen LogP contribution in [0.3, 0.4) is 0 Å². The van der Waals surface area contributed by atoms with E-state index in [-0.39, 0.29) is 11.5 Å². The normalized spacial score (nSPS) is 10.9. The number of pyridine rings is 1. The second-order valence-corrected chi connectivity index (χ2v) is 5.42. The van der Waals surface area contributed by atoms with Crippen molar-refractivity contribution in [2.24, 2.45) is 0 Å². The number of aromatic amines is 1. The largest absolute Gasteiger partial charge is 0.497 e. The third kappa shape index (κ3) is 2.61. The fourth-order valence-electron chi connectivity index (χ4n) is 2.72. The summed E-state index contributed by atoms with van der Waals surface area (Å²) in [5, 5.41) is 0.548. The van der Waals surface area contributed by atoms with E-state index in [4.69, 9.17) is 14.9 Å². The van der Waals surface area contributed by atoms with Crippen molar-refractivity contribution < 1.29 is 9.15 Å². The predicted molar refractivity (Wildman–Crippen MR) is 94.3 cm³/mol. The lowest BCUT2D eigenvalue weighted by Gasteiger charge is -2.09. The number of ether oxygens (including phenoxy) is 1. The van der Waals surface area contributed by atoms with Crippen molar-refractivity contribution in [3.05, 3.63) is 59.2 Å². The molecule has 0 unspecified atom stereocenters. The zero-order valence-electron chi connectivity index (χ0n) is 13.3. The average Bonchev–Trinajstić information content (AvgIpc) is 3.15. The van der Waals surface area contributed by atoms with Crippen molar-refractivity contribution >= 4 is 16.9 Å². The van der Waals surface area contributed by atoms with E-state index in [1.165, 1.54) is 0 Å². The standard InChI is InChI=1S/C18H14N4O3/c1-24-11-6-4-10(5-7-11)13-9-12(14-3-2-8-25-14)15-16(19)21-18(23)22-17(15)20-13/h2-9H,1H3,(H3,19,20,21,22,23). The van der Waals surface area contributed by atoms with Crippen molar-refractivity contribution in [1.82, 2.24) is 15.0 Å². The van der Waals surface area contributed by atoms with Gasteiger partial charge in [0.25, 0.3) is 0 Å². The van der Waals surface area contributed by atoms with Gasteiger partial charge in [-0.05, 0) is 42.5 Å². The van der Waals surface area contributed by atoms with Gasteiger partial charge in [-0.15, -0.1) is 0 Å². The van der Waals surface area contributed by atoms with Crippen LogP contribution in [0.25, 0.3) is 33.6 Å². The summed E-state index contributed by atoms with van der Waals surface area (Å²) in [6.45, 7) is 0. The minimum Gasteiger partial charge on any atom is -0.497 e. The van der Waals surface area contributed by atoms with Gasteiger partial charge in [0.1, 0.15) is 17.3 Å². The summed E-state index contributed by atoms with van der Waals surface area (Å²) in [4.78, 5) is 22.7. The molecule has 0 radical (unpaired) electrons. The summed E-state index contributed by atoms with van der Waals surface area (Å²) >= 11 is 0. The van der Waals surface area contributed by atoms with E-state index in [0.29, 0.717) is 22.4 Å². The smallest absolute Gasteiger partial charge is 0.348 e. The van der Waals surface area contributed by atoms with Crippen LogP contribution in [0.4, 0.5) is 5.82 Å². The van der Waals surface area contributed by atoms with Crippen LogP contribution in [-0.2, 0) is 0 Å². The number of nitrogen functional groups attached to an aromatic ring is 1. The Morgan fingerprint density at radius 2 is 1.96 bits per heavy atom. The minimum atomic E-state index is -0.547. The third-order valence-electron chi connectivity index (χ3n) is 3.89. The van der Waals surface area contributed by atoms with Crippen LogP contribution in [-0.4, -0.2) is 22.1 Å². The number of H-pyrrole nitrogens is 1. The molecule has 3 N–H and O–H groups in total. The number of hydrogen-bond donors (Lipinski definition) is 2. The SMILES string of the molecule is COc1ccc(-c2cc(-c3ccco3)c3c(N)[nH]c(=O)nc3n2)cc1. The first kappa shape index (κ1) is 14.9. The molecule has 124 valence electrons. The second kappa shape index (κ2) is 5.79. The number of aromatic nitrogens is 3. The predicted octanol–water partition coefficient (Wildman–Crippen LogP) is 2.84. The number of hydrogen-bond acceptors (Lipinski definition) is 6. The first-order valence-electron chi connectivity index (χ1n) is 7.54. The van der Waals surface area contributed by atoms with Crippen molar-refractivity contribution in [3.8, 4) is 28.3 Å². The lowest BCUT2D eigenvalue weighted by molar-refractivity contribution is 0.415. The van der Waals surface area contributed by atoms with E-state index in [1.807, 2.05) is 36.4 Å². The highest BCUT2D eigenvalue weighted by Gasteiger charge is 2.15. The van der Waals surface area contributed by atoms with Crippen LogP contribution in [0, 0.1) is 0 Å². The van der Waals surface area contributed by atoms with Crippen molar-refractivity contribution in [1.29, 1.82) is 0 Å². The molecule has 25 heavy (non-hydrogen) atoms. The summed E-state index contributed by atoms with van der Waals surface area (Å²) in [6, 6.07) is 12.9. The fraction of sp³-hybridized carbons (Fsp3) is 0.0556. The molecule has 3 heterocycles. The Morgan fingerprint density at radius 1 is 1.16 bits per heavy atom. The van der Waals surface area contributed by atoms with Gasteiger partial charge in [0.2, 0.25) is 0 Å². The number of benzene rings is 1. The average molecular weight is 334 g/mol. The molecule has 0 saturated heterocycles. The maximum atomic E-state index is 11.7. The van der Waals surface area contributed by atoms with Crippen molar-refractivity contribution in [3.63, 3.8) is 0 Å². The number of fused-ring (bicyclic) bond motifs is 1. The molecule has 7 heteroatoms. The summed E-state index contributed by atoms with van der Waals surface area (Å²) in [6.07, 6.45) is 1.57. The zero-order valence-corrected chi connectivity index (χ0v) is 13.3. The van der Waals surface area contributed by atoms with Crippen LogP contribution in [0.5, 0.6) is 5.75 Å². The molecule has 0 aliphatic rings. The monoisotopic (exact) mass is 334 g/mol. The molecule has 1 aromatic carbocycles. The molecule has 4 rings (SSSR count). The molecular formula is C18H14N4O3. The molecule has 0 amide bonds. The Morgan fingerprint density at radius 3 is 2.64 bits per heavy atom. The fourth-order valence-corrected chi connectivity index (χ4v) is 2.72. The van der Waals surface area contributed by atoms with Gasteiger partial charge in [0, 0.05) is 11.1 Å². The quantitative estimate of drug-likeness (QED) is 0.596. The molecule has 0 aliphatic carbocycles. The van der Waals surface area contributed by atoms with Gasteiger partial charge in [0.05, 0.1) is 24.5 Å². The molecule has 0 fully saturated rings. The third-order valence-corrected chi connectivity index (χ3v) is 3.89. The van der Waals surface area contributed by atoms with Gasteiger partial charge in [-0.2, -0.15) is 4.98 Å². The van der Waals surface area contributed by atoms with Gasteiger partial charge < -0.3 is 14.9 Å². The lowest BCUT2D eigenvalue weighted by Crippen LogP contribution is -2.14. The van der Waals surface area contributed by atoms with E-state index in [1.54, 1.807) is 19.4 Å². The number of anilines is 1. The van der Waals surface area contributed by atoms with Crippen LogP contribution in [0.15, 0.2) is 57.9 Å². The Bertz CT molecular complexity index is 1100. The first-order valence-corrected chi connectivity index (χ1v) is 7.54. The molecule has 0 bridgehead atoms. The molecule has 0 atom stereocenters. The highest BCUT2D eigenvalue weighted by molar-refractivity contribution is 5.99. The van der Waals surface area contributed by atoms with Crippen LogP contribution in [0.2, 0.25) is 0 Å². The molecule has 0 aliphatic heterocycles. The van der Waals surface area contributed by atoms with Gasteiger partial charge in [-0.25, -0.2) is 9.78 Å². The number of nitrogens with one attached hydrogen (secondary N) is 1. The van der Waals surface area contributed by atoms with Crippen LogP contribution >= 0.6 is 0 Å². The number of rotatable bonds is 3. The van der Waals surface area contributed by atoms with Crippen molar-refractivity contribution in [2.45, 2.75) is 0 Å². The molecule has 3 aromatic heterocycles. The Hall–Kier alpha value is -3.61. The summed E-state index contributed by atoms with van der Waals surface area (Å²) in [7, 11) is 1.61. The number of nitrogens with two attached hydrogens (primary N) is 1. The van der Waals surface area contributed by atoms with Gasteiger partial charge in [-0.3, -0.25) is 4.98 Å². The van der Waals surface area contributed by atoms with Gasteiger partial charge >= 0.3 is 5.69 Å². The first-order chi connectivity index (χ1) is 12.2. The van der Waals surface area contributed by atoms with E-state index >= 15 is 0 Å². The molecular weight excluding hydrogens is 320 g/mol. The number of methoxy groups -OCH3 is 1.